The second-order valence-corrected chi connectivity index (χ2v) is 1.36. The Morgan fingerprint density at radius 2 is 2.00 bits per heavy atom. The van der Waals surface area contributed by atoms with Crippen molar-refractivity contribution in [2.75, 3.05) is 7.05 Å². The number of nitrogens with one attached hydrogen (secondary N) is 1. The third kappa shape index (κ3) is 15.8. The second kappa shape index (κ2) is 16.2. The molecule has 10 heavy (non-hydrogen) atoms. The topological polar surface area (TPSA) is 38.0 Å². The van der Waals surface area contributed by atoms with E-state index in [4.69, 9.17) is 5.73 Å². The molecule has 0 aromatic rings. The molecule has 0 bridgehead atoms. The van der Waals surface area contributed by atoms with Gasteiger partial charge in [0.15, 0.2) is 0 Å². The van der Waals surface area contributed by atoms with E-state index in [9.17, 15) is 0 Å². The predicted molar refractivity (Wildman–Crippen MR) is 46.6 cm³/mol. The summed E-state index contributed by atoms with van der Waals surface area (Å²) in [6.45, 7) is 2.02. The molecule has 0 fully saturated rings. The first-order valence-electron chi connectivity index (χ1n) is 2.43. The fourth-order valence-corrected chi connectivity index (χ4v) is 0.287. The zero-order chi connectivity index (χ0) is 5.70. The Labute approximate surface area is 92.0 Å². The van der Waals surface area contributed by atoms with Crippen molar-refractivity contribution in [3.8, 4) is 0 Å². The average molecular weight is 221 g/mol. The van der Waals surface area contributed by atoms with Crippen LogP contribution in [0.1, 0.15) is 14.8 Å². The first-order chi connectivity index (χ1) is 3.31. The summed E-state index contributed by atoms with van der Waals surface area (Å²) < 4.78 is 0. The minimum absolute atomic E-state index is 0. The molecule has 0 aliphatic heterocycles. The van der Waals surface area contributed by atoms with E-state index >= 15 is 0 Å². The van der Waals surface area contributed by atoms with E-state index in [1.807, 2.05) is 14.0 Å². The third-order valence-corrected chi connectivity index (χ3v) is 0.738. The zero-order valence-corrected chi connectivity index (χ0v) is 10.3. The normalized spacial score (nSPS) is 8.00. The average Bonchev–Trinajstić information content (AvgIpc) is 1.68. The van der Waals surface area contributed by atoms with Crippen molar-refractivity contribution < 1.29 is 34.1 Å². The molecule has 0 aliphatic rings. The summed E-state index contributed by atoms with van der Waals surface area (Å²) in [5.41, 5.74) is 6.27. The van der Waals surface area contributed by atoms with Crippen LogP contribution in [0.2, 0.25) is 0 Å². The van der Waals surface area contributed by atoms with E-state index in [1.165, 1.54) is 0 Å². The molecule has 3 N–H and O–H groups in total. The number of allylic oxidation sites excluding steroid dienone is 1. The maximum atomic E-state index is 5.38. The van der Waals surface area contributed by atoms with Crippen LogP contribution in [-0.2, 0) is 32.7 Å². The van der Waals surface area contributed by atoms with Gasteiger partial charge in [-0.25, -0.2) is 0 Å². The Kier molecular flexibility index (Phi) is 36.4. The standard InChI is InChI=1S/C5H12N2.2CH3.Y.H2/c1-3-5(6)4-7-2;;;;/h4,7H,3,6H2,1-2H3;2*1H3;;1H/q;2*-1;;/b5-4-;;;;. The maximum Gasteiger partial charge on any atom is 0.0237 e. The van der Waals surface area contributed by atoms with Gasteiger partial charge in [-0.2, -0.15) is 0 Å². The molecule has 0 aliphatic carbocycles. The molecule has 0 spiro atoms. The maximum absolute atomic E-state index is 5.38. The summed E-state index contributed by atoms with van der Waals surface area (Å²) in [5, 5.41) is 2.83. The second-order valence-electron chi connectivity index (χ2n) is 1.36. The number of hydrogen-bond acceptors (Lipinski definition) is 2. The van der Waals surface area contributed by atoms with E-state index in [0.717, 1.165) is 12.1 Å². The molecule has 0 amide bonds. The first-order valence-corrected chi connectivity index (χ1v) is 2.43. The molecule has 1 radical (unpaired) electrons. The summed E-state index contributed by atoms with van der Waals surface area (Å²) in [6, 6.07) is 0. The quantitative estimate of drug-likeness (QED) is 0.694. The molecular weight excluding hydrogens is 201 g/mol. The molecule has 0 aromatic heterocycles. The molecule has 2 nitrogen and oxygen atoms in total. The van der Waals surface area contributed by atoms with E-state index in [2.05, 4.69) is 5.32 Å². The van der Waals surface area contributed by atoms with Crippen LogP contribution in [0.4, 0.5) is 0 Å². The van der Waals surface area contributed by atoms with Crippen LogP contribution in [0, 0.1) is 14.9 Å². The Hall–Kier alpha value is 0.444. The van der Waals surface area contributed by atoms with Crippen LogP contribution >= 0.6 is 0 Å². The van der Waals surface area contributed by atoms with Gasteiger partial charge in [-0.15, -0.1) is 0 Å². The summed E-state index contributed by atoms with van der Waals surface area (Å²) in [5.74, 6) is 0. The van der Waals surface area contributed by atoms with Crippen LogP contribution in [-0.4, -0.2) is 7.05 Å². The van der Waals surface area contributed by atoms with Gasteiger partial charge in [0.25, 0.3) is 0 Å². The van der Waals surface area contributed by atoms with Crippen molar-refractivity contribution in [2.24, 2.45) is 5.73 Å². The summed E-state index contributed by atoms with van der Waals surface area (Å²) in [4.78, 5) is 0. The van der Waals surface area contributed by atoms with Gasteiger partial charge in [-0.05, 0) is 6.42 Å². The molecule has 0 unspecified atom stereocenters. The summed E-state index contributed by atoms with van der Waals surface area (Å²) >= 11 is 0. The van der Waals surface area contributed by atoms with E-state index in [1.54, 1.807) is 6.20 Å². The van der Waals surface area contributed by atoms with Gasteiger partial charge in [0.1, 0.15) is 0 Å². The minimum atomic E-state index is 0. The van der Waals surface area contributed by atoms with Gasteiger partial charge >= 0.3 is 0 Å². The van der Waals surface area contributed by atoms with Crippen molar-refractivity contribution in [2.45, 2.75) is 13.3 Å². The van der Waals surface area contributed by atoms with Gasteiger partial charge in [0.05, 0.1) is 0 Å². The fourth-order valence-electron chi connectivity index (χ4n) is 0.287. The molecule has 0 atom stereocenters. The van der Waals surface area contributed by atoms with Crippen LogP contribution < -0.4 is 11.1 Å². The third-order valence-electron chi connectivity index (χ3n) is 0.738. The molecular formula is C7H20N2Y-2. The molecule has 0 saturated heterocycles. The van der Waals surface area contributed by atoms with Gasteiger partial charge in [0, 0.05) is 53.1 Å². The Bertz CT molecular complexity index is 76.8. The van der Waals surface area contributed by atoms with E-state index < -0.39 is 0 Å². The van der Waals surface area contributed by atoms with Gasteiger partial charge in [-0.1, -0.05) is 6.92 Å². The monoisotopic (exact) mass is 221 g/mol. The van der Waals surface area contributed by atoms with Crippen LogP contribution in [0.5, 0.6) is 0 Å². The van der Waals surface area contributed by atoms with Gasteiger partial charge in [-0.3, -0.25) is 0 Å². The molecule has 3 heteroatoms. The largest absolute Gasteiger partial charge is 0.401 e. The first kappa shape index (κ1) is 22.4. The van der Waals surface area contributed by atoms with E-state index in [-0.39, 0.29) is 49.0 Å². The molecule has 0 saturated carbocycles. The smallest absolute Gasteiger partial charge is 0.0237 e. The Morgan fingerprint density at radius 1 is 1.60 bits per heavy atom. The Balaban J connectivity index is -0.0000000300. The zero-order valence-electron chi connectivity index (χ0n) is 7.44. The fraction of sp³-hybridized carbons (Fsp3) is 0.429. The van der Waals surface area contributed by atoms with Crippen molar-refractivity contribution in [1.29, 1.82) is 0 Å². The van der Waals surface area contributed by atoms with Crippen molar-refractivity contribution in [3.63, 3.8) is 0 Å². The van der Waals surface area contributed by atoms with Gasteiger partial charge in [0.2, 0.25) is 0 Å². The molecule has 0 heterocycles. The Morgan fingerprint density at radius 3 is 2.10 bits per heavy atom. The molecule has 0 rings (SSSR count). The number of hydrogen-bond donors (Lipinski definition) is 2. The molecule has 63 valence electrons. The SMILES string of the molecule is CC/C(N)=C/NC.[CH3-].[CH3-].[HH].[Y]. The van der Waals surface area contributed by atoms with E-state index in [0.29, 0.717) is 0 Å². The summed E-state index contributed by atoms with van der Waals surface area (Å²) in [6.07, 6.45) is 2.71. The van der Waals surface area contributed by atoms with Crippen molar-refractivity contribution in [3.05, 3.63) is 26.8 Å². The summed E-state index contributed by atoms with van der Waals surface area (Å²) in [7, 11) is 1.84. The van der Waals surface area contributed by atoms with Crippen LogP contribution in [0.15, 0.2) is 11.9 Å². The number of rotatable bonds is 2. The van der Waals surface area contributed by atoms with Gasteiger partial charge < -0.3 is 25.9 Å². The van der Waals surface area contributed by atoms with Crippen molar-refractivity contribution >= 4 is 0 Å². The predicted octanol–water partition coefficient (Wildman–Crippen LogP) is 1.56. The minimum Gasteiger partial charge on any atom is -0.401 e. The molecule has 0 aromatic carbocycles. The van der Waals surface area contributed by atoms with Crippen LogP contribution in [0.25, 0.3) is 0 Å². The number of nitrogens with two attached hydrogens (primary N) is 1. The van der Waals surface area contributed by atoms with Crippen LogP contribution in [0.3, 0.4) is 0 Å². The van der Waals surface area contributed by atoms with Crippen molar-refractivity contribution in [1.82, 2.24) is 5.32 Å².